The van der Waals surface area contributed by atoms with Gasteiger partial charge in [0.2, 0.25) is 5.75 Å². The number of carbonyl (C=O) groups is 2. The van der Waals surface area contributed by atoms with E-state index in [1.54, 1.807) is 12.1 Å². The molecular formula is C23H30N2O6S. The molecule has 1 aliphatic carbocycles. The molecule has 8 nitrogen and oxygen atoms in total. The van der Waals surface area contributed by atoms with Crippen LogP contribution in [0, 0.1) is 5.92 Å². The van der Waals surface area contributed by atoms with Crippen LogP contribution in [0.15, 0.2) is 12.1 Å². The SMILES string of the molecule is COc1cc(C(=O)Nc2sc3c(c2C(=O)NCCCO)CC[C@@H](C)C3)cc(OC)c1OC. The van der Waals surface area contributed by atoms with Crippen molar-refractivity contribution in [2.75, 3.05) is 39.8 Å². The first kappa shape index (κ1) is 23.9. The van der Waals surface area contributed by atoms with E-state index in [1.165, 1.54) is 32.7 Å². The Labute approximate surface area is 191 Å². The highest BCUT2D eigenvalue weighted by Gasteiger charge is 2.29. The molecule has 0 saturated carbocycles. The smallest absolute Gasteiger partial charge is 0.256 e. The lowest BCUT2D eigenvalue weighted by atomic mass is 9.88. The summed E-state index contributed by atoms with van der Waals surface area (Å²) in [7, 11) is 4.48. The van der Waals surface area contributed by atoms with E-state index in [0.717, 1.165) is 29.7 Å². The number of thiophene rings is 1. The van der Waals surface area contributed by atoms with Gasteiger partial charge in [0.1, 0.15) is 5.00 Å². The summed E-state index contributed by atoms with van der Waals surface area (Å²) in [5.41, 5.74) is 1.86. The quantitative estimate of drug-likeness (QED) is 0.494. The molecule has 0 unspecified atom stereocenters. The summed E-state index contributed by atoms with van der Waals surface area (Å²) in [4.78, 5) is 27.2. The summed E-state index contributed by atoms with van der Waals surface area (Å²) in [5, 5.41) is 15.3. The summed E-state index contributed by atoms with van der Waals surface area (Å²) in [6, 6.07) is 3.15. The van der Waals surface area contributed by atoms with Crippen LogP contribution in [0.3, 0.4) is 0 Å². The fourth-order valence-corrected chi connectivity index (χ4v) is 5.24. The van der Waals surface area contributed by atoms with Crippen LogP contribution >= 0.6 is 11.3 Å². The van der Waals surface area contributed by atoms with Crippen molar-refractivity contribution in [1.82, 2.24) is 5.32 Å². The molecule has 0 fully saturated rings. The fraction of sp³-hybridized carbons (Fsp3) is 0.478. The van der Waals surface area contributed by atoms with Crippen molar-refractivity contribution in [2.24, 2.45) is 5.92 Å². The minimum absolute atomic E-state index is 0.00423. The molecule has 1 aromatic carbocycles. The van der Waals surface area contributed by atoms with Gasteiger partial charge in [-0.2, -0.15) is 0 Å². The second kappa shape index (κ2) is 10.7. The van der Waals surface area contributed by atoms with Crippen molar-refractivity contribution in [3.63, 3.8) is 0 Å². The molecule has 0 bridgehead atoms. The van der Waals surface area contributed by atoms with Gasteiger partial charge in [-0.25, -0.2) is 0 Å². The molecule has 1 atom stereocenters. The lowest BCUT2D eigenvalue weighted by Crippen LogP contribution is -2.27. The Morgan fingerprint density at radius 1 is 1.12 bits per heavy atom. The zero-order chi connectivity index (χ0) is 23.3. The van der Waals surface area contributed by atoms with Crippen LogP contribution in [0.1, 0.15) is 50.9 Å². The molecule has 1 aromatic heterocycles. The van der Waals surface area contributed by atoms with Crippen molar-refractivity contribution in [2.45, 2.75) is 32.6 Å². The van der Waals surface area contributed by atoms with Crippen LogP contribution in [-0.4, -0.2) is 51.4 Å². The van der Waals surface area contributed by atoms with Gasteiger partial charge in [0.05, 0.1) is 26.9 Å². The predicted octanol–water partition coefficient (Wildman–Crippen LogP) is 3.26. The van der Waals surface area contributed by atoms with E-state index < -0.39 is 0 Å². The van der Waals surface area contributed by atoms with Crippen LogP contribution < -0.4 is 24.8 Å². The molecule has 2 aromatic rings. The topological polar surface area (TPSA) is 106 Å². The third kappa shape index (κ3) is 4.99. The number of fused-ring (bicyclic) bond motifs is 1. The summed E-state index contributed by atoms with van der Waals surface area (Å²) in [6.07, 6.45) is 3.16. The third-order valence-corrected chi connectivity index (χ3v) is 6.68. The van der Waals surface area contributed by atoms with Gasteiger partial charge in [0.25, 0.3) is 11.8 Å². The number of nitrogens with one attached hydrogen (secondary N) is 2. The lowest BCUT2D eigenvalue weighted by Gasteiger charge is -2.18. The maximum atomic E-state index is 13.1. The number of ether oxygens (including phenoxy) is 3. The van der Waals surface area contributed by atoms with Crippen molar-refractivity contribution < 1.29 is 28.9 Å². The van der Waals surface area contributed by atoms with Gasteiger partial charge >= 0.3 is 0 Å². The molecule has 0 aliphatic heterocycles. The average molecular weight is 463 g/mol. The second-order valence-electron chi connectivity index (χ2n) is 7.76. The predicted molar refractivity (Wildman–Crippen MR) is 124 cm³/mol. The number of carbonyl (C=O) groups excluding carboxylic acids is 2. The van der Waals surface area contributed by atoms with Crippen molar-refractivity contribution >= 4 is 28.2 Å². The summed E-state index contributed by atoms with van der Waals surface area (Å²) < 4.78 is 16.0. The van der Waals surface area contributed by atoms with Crippen LogP contribution in [-0.2, 0) is 12.8 Å². The maximum absolute atomic E-state index is 13.1. The molecule has 0 saturated heterocycles. The Morgan fingerprint density at radius 2 is 1.81 bits per heavy atom. The average Bonchev–Trinajstić information content (AvgIpc) is 3.14. The zero-order valence-corrected chi connectivity index (χ0v) is 19.7. The third-order valence-electron chi connectivity index (χ3n) is 5.51. The van der Waals surface area contributed by atoms with E-state index in [2.05, 4.69) is 17.6 Å². The van der Waals surface area contributed by atoms with Gasteiger partial charge in [0.15, 0.2) is 11.5 Å². The molecule has 0 radical (unpaired) electrons. The van der Waals surface area contributed by atoms with Gasteiger partial charge in [-0.3, -0.25) is 9.59 Å². The Kier molecular flexibility index (Phi) is 7.98. The first-order chi connectivity index (χ1) is 15.4. The monoisotopic (exact) mass is 462 g/mol. The van der Waals surface area contributed by atoms with Crippen molar-refractivity contribution in [3.05, 3.63) is 33.7 Å². The Hall–Kier alpha value is -2.78. The lowest BCUT2D eigenvalue weighted by molar-refractivity contribution is 0.0951. The van der Waals surface area contributed by atoms with Gasteiger partial charge in [-0.15, -0.1) is 11.3 Å². The fourth-order valence-electron chi connectivity index (χ4n) is 3.84. The van der Waals surface area contributed by atoms with Gasteiger partial charge in [-0.05, 0) is 49.3 Å². The Bertz CT molecular complexity index is 962. The van der Waals surface area contributed by atoms with Gasteiger partial charge in [0, 0.05) is 23.6 Å². The van der Waals surface area contributed by atoms with Crippen LogP contribution in [0.4, 0.5) is 5.00 Å². The van der Waals surface area contributed by atoms with E-state index in [0.29, 0.717) is 52.3 Å². The van der Waals surface area contributed by atoms with E-state index >= 15 is 0 Å². The van der Waals surface area contributed by atoms with Crippen molar-refractivity contribution in [1.29, 1.82) is 0 Å². The normalized spacial score (nSPS) is 15.0. The number of rotatable bonds is 9. The van der Waals surface area contributed by atoms with Crippen LogP contribution in [0.2, 0.25) is 0 Å². The van der Waals surface area contributed by atoms with Crippen LogP contribution in [0.5, 0.6) is 17.2 Å². The highest BCUT2D eigenvalue weighted by molar-refractivity contribution is 7.17. The molecule has 9 heteroatoms. The zero-order valence-electron chi connectivity index (χ0n) is 18.9. The van der Waals surface area contributed by atoms with Crippen LogP contribution in [0.25, 0.3) is 0 Å². The van der Waals surface area contributed by atoms with Gasteiger partial charge in [-0.1, -0.05) is 6.92 Å². The highest BCUT2D eigenvalue weighted by atomic mass is 32.1. The number of anilines is 1. The largest absolute Gasteiger partial charge is 0.493 e. The second-order valence-corrected chi connectivity index (χ2v) is 8.86. The standard InChI is InChI=1S/C23H30N2O6S/c1-13-6-7-15-18(10-13)32-23(19(15)22(28)24-8-5-9-26)25-21(27)14-11-16(29-2)20(31-4)17(12-14)30-3/h11-13,26H,5-10H2,1-4H3,(H,24,28)(H,25,27)/t13-/m1/s1. The minimum atomic E-state index is -0.375. The molecule has 2 amide bonds. The first-order valence-corrected chi connectivity index (χ1v) is 11.4. The summed E-state index contributed by atoms with van der Waals surface area (Å²) in [5.74, 6) is 1.07. The minimum Gasteiger partial charge on any atom is -0.493 e. The molecule has 174 valence electrons. The Morgan fingerprint density at radius 3 is 2.41 bits per heavy atom. The maximum Gasteiger partial charge on any atom is 0.256 e. The number of hydrogen-bond acceptors (Lipinski definition) is 7. The summed E-state index contributed by atoms with van der Waals surface area (Å²) >= 11 is 1.45. The number of benzene rings is 1. The summed E-state index contributed by atoms with van der Waals surface area (Å²) in [6.45, 7) is 2.57. The van der Waals surface area contributed by atoms with Crippen molar-refractivity contribution in [3.8, 4) is 17.2 Å². The molecule has 3 N–H and O–H groups in total. The highest BCUT2D eigenvalue weighted by Crippen LogP contribution is 2.41. The molecule has 0 spiro atoms. The van der Waals surface area contributed by atoms with Gasteiger partial charge < -0.3 is 30.0 Å². The molecule has 3 rings (SSSR count). The number of aliphatic hydroxyl groups is 1. The number of methoxy groups -OCH3 is 3. The first-order valence-electron chi connectivity index (χ1n) is 10.6. The molecule has 32 heavy (non-hydrogen) atoms. The van der Waals surface area contributed by atoms with E-state index in [4.69, 9.17) is 19.3 Å². The van der Waals surface area contributed by atoms with E-state index in [-0.39, 0.29) is 18.4 Å². The van der Waals surface area contributed by atoms with E-state index in [1.807, 2.05) is 0 Å². The number of hydrogen-bond donors (Lipinski definition) is 3. The molecular weight excluding hydrogens is 432 g/mol. The molecule has 1 heterocycles. The number of amides is 2. The molecule has 1 aliphatic rings. The Balaban J connectivity index is 1.94. The number of aliphatic hydroxyl groups excluding tert-OH is 1. The van der Waals surface area contributed by atoms with E-state index in [9.17, 15) is 9.59 Å².